The lowest BCUT2D eigenvalue weighted by Crippen LogP contribution is -2.50. The molecule has 2 amide bonds. The molecule has 1 aromatic carbocycles. The minimum absolute atomic E-state index is 0.0276. The lowest BCUT2D eigenvalue weighted by molar-refractivity contribution is -0.130. The maximum atomic E-state index is 12.9. The Kier molecular flexibility index (Phi) is 4.14. The van der Waals surface area contributed by atoms with E-state index in [0.717, 1.165) is 11.3 Å². The molecule has 1 fully saturated rings. The van der Waals surface area contributed by atoms with Gasteiger partial charge in [0, 0.05) is 45.7 Å². The summed E-state index contributed by atoms with van der Waals surface area (Å²) in [6.07, 6.45) is 1.63. The molecule has 6 nitrogen and oxygen atoms in total. The maximum Gasteiger partial charge on any atom is 0.257 e. The summed E-state index contributed by atoms with van der Waals surface area (Å²) >= 11 is 0. The van der Waals surface area contributed by atoms with Crippen molar-refractivity contribution in [1.82, 2.24) is 19.6 Å². The third-order valence-corrected chi connectivity index (χ3v) is 4.23. The van der Waals surface area contributed by atoms with Gasteiger partial charge in [0.25, 0.3) is 5.91 Å². The SMILES string of the molecule is CC(=O)N1CCN(C(=O)c2cnn(C)c2-c2ccccc2)CC1. The Morgan fingerprint density at radius 2 is 1.61 bits per heavy atom. The first kappa shape index (κ1) is 15.3. The van der Waals surface area contributed by atoms with E-state index >= 15 is 0 Å². The van der Waals surface area contributed by atoms with Crippen LogP contribution in [0.15, 0.2) is 36.5 Å². The van der Waals surface area contributed by atoms with Crippen LogP contribution in [0.4, 0.5) is 0 Å². The molecule has 1 aliphatic heterocycles. The highest BCUT2D eigenvalue weighted by Crippen LogP contribution is 2.24. The highest BCUT2D eigenvalue weighted by atomic mass is 16.2. The average Bonchev–Trinajstić information content (AvgIpc) is 2.96. The van der Waals surface area contributed by atoms with Crippen LogP contribution in [0.25, 0.3) is 11.3 Å². The summed E-state index contributed by atoms with van der Waals surface area (Å²) in [5.41, 5.74) is 2.40. The molecule has 6 heteroatoms. The maximum absolute atomic E-state index is 12.9. The number of aromatic nitrogens is 2. The first-order valence-electron chi connectivity index (χ1n) is 7.70. The van der Waals surface area contributed by atoms with Crippen molar-refractivity contribution < 1.29 is 9.59 Å². The van der Waals surface area contributed by atoms with Gasteiger partial charge in [-0.25, -0.2) is 0 Å². The molecule has 2 heterocycles. The van der Waals surface area contributed by atoms with Crippen molar-refractivity contribution in [2.45, 2.75) is 6.92 Å². The zero-order chi connectivity index (χ0) is 16.4. The van der Waals surface area contributed by atoms with E-state index in [-0.39, 0.29) is 11.8 Å². The van der Waals surface area contributed by atoms with Crippen LogP contribution in [0.5, 0.6) is 0 Å². The number of amides is 2. The first-order valence-corrected chi connectivity index (χ1v) is 7.70. The Hall–Kier alpha value is -2.63. The van der Waals surface area contributed by atoms with Gasteiger partial charge in [-0.2, -0.15) is 5.10 Å². The zero-order valence-electron chi connectivity index (χ0n) is 13.4. The van der Waals surface area contributed by atoms with Crippen molar-refractivity contribution in [2.75, 3.05) is 26.2 Å². The summed E-state index contributed by atoms with van der Waals surface area (Å²) in [5.74, 6) is 0.0311. The fourth-order valence-corrected chi connectivity index (χ4v) is 2.93. The van der Waals surface area contributed by atoms with Gasteiger partial charge >= 0.3 is 0 Å². The van der Waals surface area contributed by atoms with Crippen LogP contribution >= 0.6 is 0 Å². The number of aryl methyl sites for hydroxylation is 1. The van der Waals surface area contributed by atoms with Gasteiger partial charge in [-0.05, 0) is 0 Å². The van der Waals surface area contributed by atoms with Crippen LogP contribution in [0, 0.1) is 0 Å². The van der Waals surface area contributed by atoms with Gasteiger partial charge in [0.15, 0.2) is 0 Å². The van der Waals surface area contributed by atoms with Crippen molar-refractivity contribution in [2.24, 2.45) is 7.05 Å². The Morgan fingerprint density at radius 3 is 2.22 bits per heavy atom. The van der Waals surface area contributed by atoms with Gasteiger partial charge in [0.05, 0.1) is 17.5 Å². The number of nitrogens with zero attached hydrogens (tertiary/aromatic N) is 4. The summed E-state index contributed by atoms with van der Waals surface area (Å²) < 4.78 is 1.73. The normalized spacial score (nSPS) is 14.9. The van der Waals surface area contributed by atoms with Gasteiger partial charge < -0.3 is 9.80 Å². The van der Waals surface area contributed by atoms with Crippen molar-refractivity contribution in [1.29, 1.82) is 0 Å². The predicted octanol–water partition coefficient (Wildman–Crippen LogP) is 1.39. The Balaban J connectivity index is 1.83. The Bertz CT molecular complexity index is 715. The molecule has 2 aromatic rings. The monoisotopic (exact) mass is 312 g/mol. The minimum atomic E-state index is -0.0276. The minimum Gasteiger partial charge on any atom is -0.339 e. The van der Waals surface area contributed by atoms with Crippen LogP contribution in [0.1, 0.15) is 17.3 Å². The number of carbonyl (C=O) groups excluding carboxylic acids is 2. The molecule has 1 saturated heterocycles. The molecule has 3 rings (SSSR count). The average molecular weight is 312 g/mol. The van der Waals surface area contributed by atoms with E-state index in [9.17, 15) is 9.59 Å². The number of carbonyl (C=O) groups is 2. The molecule has 0 radical (unpaired) electrons. The van der Waals surface area contributed by atoms with Crippen LogP contribution in [0.3, 0.4) is 0 Å². The highest BCUT2D eigenvalue weighted by Gasteiger charge is 2.26. The van der Waals surface area contributed by atoms with E-state index in [1.54, 1.807) is 27.6 Å². The van der Waals surface area contributed by atoms with Crippen molar-refractivity contribution >= 4 is 11.8 Å². The molecule has 0 N–H and O–H groups in total. The highest BCUT2D eigenvalue weighted by molar-refractivity contribution is 6.00. The van der Waals surface area contributed by atoms with E-state index in [1.807, 2.05) is 37.4 Å². The Labute approximate surface area is 135 Å². The third kappa shape index (κ3) is 2.97. The second kappa shape index (κ2) is 6.24. The predicted molar refractivity (Wildman–Crippen MR) is 86.8 cm³/mol. The van der Waals surface area contributed by atoms with E-state index in [0.29, 0.717) is 31.7 Å². The number of rotatable bonds is 2. The third-order valence-electron chi connectivity index (χ3n) is 4.23. The number of hydrogen-bond acceptors (Lipinski definition) is 3. The van der Waals surface area contributed by atoms with E-state index in [4.69, 9.17) is 0 Å². The number of benzene rings is 1. The Morgan fingerprint density at radius 1 is 1.00 bits per heavy atom. The summed E-state index contributed by atoms with van der Waals surface area (Å²) in [4.78, 5) is 27.8. The molecule has 0 unspecified atom stereocenters. The lowest BCUT2D eigenvalue weighted by Gasteiger charge is -2.34. The topological polar surface area (TPSA) is 58.4 Å². The van der Waals surface area contributed by atoms with Crippen molar-refractivity contribution in [3.05, 3.63) is 42.1 Å². The van der Waals surface area contributed by atoms with E-state index in [2.05, 4.69) is 5.10 Å². The summed E-state index contributed by atoms with van der Waals surface area (Å²) in [7, 11) is 1.84. The molecular formula is C17H20N4O2. The van der Waals surface area contributed by atoms with Crippen LogP contribution < -0.4 is 0 Å². The molecule has 1 aliphatic rings. The summed E-state index contributed by atoms with van der Waals surface area (Å²) in [5, 5.41) is 4.26. The molecule has 0 aliphatic carbocycles. The molecule has 1 aromatic heterocycles. The molecule has 0 spiro atoms. The molecule has 0 saturated carbocycles. The second-order valence-corrected chi connectivity index (χ2v) is 5.69. The summed E-state index contributed by atoms with van der Waals surface area (Å²) in [6, 6.07) is 9.79. The zero-order valence-corrected chi connectivity index (χ0v) is 13.4. The van der Waals surface area contributed by atoms with E-state index < -0.39 is 0 Å². The number of hydrogen-bond donors (Lipinski definition) is 0. The lowest BCUT2D eigenvalue weighted by atomic mass is 10.1. The molecule has 23 heavy (non-hydrogen) atoms. The second-order valence-electron chi connectivity index (χ2n) is 5.69. The van der Waals surface area contributed by atoms with Gasteiger partial charge in [-0.15, -0.1) is 0 Å². The first-order chi connectivity index (χ1) is 11.1. The number of piperazine rings is 1. The van der Waals surface area contributed by atoms with Crippen LogP contribution in [-0.2, 0) is 11.8 Å². The van der Waals surface area contributed by atoms with Gasteiger partial charge in [-0.3, -0.25) is 14.3 Å². The fourth-order valence-electron chi connectivity index (χ4n) is 2.93. The van der Waals surface area contributed by atoms with Crippen molar-refractivity contribution in [3.8, 4) is 11.3 Å². The van der Waals surface area contributed by atoms with Crippen LogP contribution in [-0.4, -0.2) is 57.6 Å². The van der Waals surface area contributed by atoms with Crippen LogP contribution in [0.2, 0.25) is 0 Å². The van der Waals surface area contributed by atoms with Gasteiger partial charge in [0.1, 0.15) is 0 Å². The van der Waals surface area contributed by atoms with Crippen molar-refractivity contribution in [3.63, 3.8) is 0 Å². The summed E-state index contributed by atoms with van der Waals surface area (Å²) in [6.45, 7) is 3.85. The van der Waals surface area contributed by atoms with Gasteiger partial charge in [-0.1, -0.05) is 30.3 Å². The molecule has 0 bridgehead atoms. The standard InChI is InChI=1S/C17H20N4O2/c1-13(22)20-8-10-21(11-9-20)17(23)15-12-18-19(2)16(15)14-6-4-3-5-7-14/h3-7,12H,8-11H2,1-2H3. The molecule has 120 valence electrons. The molecular weight excluding hydrogens is 292 g/mol. The van der Waals surface area contributed by atoms with E-state index in [1.165, 1.54) is 0 Å². The smallest absolute Gasteiger partial charge is 0.257 e. The quantitative estimate of drug-likeness (QED) is 0.842. The molecule has 0 atom stereocenters. The van der Waals surface area contributed by atoms with Gasteiger partial charge in [0.2, 0.25) is 5.91 Å². The fraction of sp³-hybridized carbons (Fsp3) is 0.353. The largest absolute Gasteiger partial charge is 0.339 e.